The number of H-pyrrole nitrogens is 1. The second kappa shape index (κ2) is 3.57. The number of fused-ring (bicyclic) bond motifs is 1. The minimum absolute atomic E-state index is 0.317. The maximum atomic E-state index is 11.7. The number of hydrogen-bond donors (Lipinski definition) is 1. The maximum absolute atomic E-state index is 11.7. The fourth-order valence-corrected chi connectivity index (χ4v) is 3.03. The van der Waals surface area contributed by atoms with Crippen LogP contribution >= 0.6 is 0 Å². The third-order valence-corrected chi connectivity index (χ3v) is 4.51. The van der Waals surface area contributed by atoms with Gasteiger partial charge in [0.15, 0.2) is 9.84 Å². The predicted molar refractivity (Wildman–Crippen MR) is 65.8 cm³/mol. The normalized spacial score (nSPS) is 17.2. The van der Waals surface area contributed by atoms with Crippen LogP contribution in [0.2, 0.25) is 0 Å². The molecule has 0 radical (unpaired) electrons. The van der Waals surface area contributed by atoms with E-state index in [1.54, 1.807) is 12.1 Å². The molecule has 1 aliphatic carbocycles. The first-order valence-electron chi connectivity index (χ1n) is 5.74. The third-order valence-electron chi connectivity index (χ3n) is 3.39. The van der Waals surface area contributed by atoms with Crippen molar-refractivity contribution in [1.82, 2.24) is 9.97 Å². The van der Waals surface area contributed by atoms with Gasteiger partial charge in [0.2, 0.25) is 0 Å². The molecule has 1 saturated carbocycles. The molecule has 0 spiro atoms. The van der Waals surface area contributed by atoms with Crippen LogP contribution in [0, 0.1) is 0 Å². The molecule has 1 heterocycles. The van der Waals surface area contributed by atoms with Crippen LogP contribution in [0.25, 0.3) is 11.0 Å². The van der Waals surface area contributed by atoms with Gasteiger partial charge in [-0.3, -0.25) is 0 Å². The van der Waals surface area contributed by atoms with Crippen LogP contribution in [0.15, 0.2) is 23.1 Å². The van der Waals surface area contributed by atoms with Crippen molar-refractivity contribution in [3.05, 3.63) is 24.0 Å². The summed E-state index contributed by atoms with van der Waals surface area (Å²) in [4.78, 5) is 8.02. The number of sulfone groups is 1. The Hall–Kier alpha value is -1.36. The van der Waals surface area contributed by atoms with Crippen molar-refractivity contribution in [1.29, 1.82) is 0 Å². The molecule has 3 rings (SSSR count). The quantitative estimate of drug-likeness (QED) is 0.889. The summed E-state index contributed by atoms with van der Waals surface area (Å²) in [5, 5.41) is 0. The number of nitrogens with one attached hydrogen (secondary N) is 1. The highest BCUT2D eigenvalue weighted by molar-refractivity contribution is 7.91. The van der Waals surface area contributed by atoms with Crippen LogP contribution in [0.4, 0.5) is 0 Å². The van der Waals surface area contributed by atoms with Crippen LogP contribution in [0.1, 0.15) is 31.0 Å². The Bertz CT molecular complexity index is 669. The maximum Gasteiger partial charge on any atom is 0.177 e. The molecule has 0 atom stereocenters. The van der Waals surface area contributed by atoms with Crippen molar-refractivity contribution in [3.8, 4) is 0 Å². The standard InChI is InChI=1S/C12H14N2O2S/c1-17(15,16)10-7-3-6-9-11(10)14-12(13-9)8-4-2-5-8/h3,6-8H,2,4-5H2,1H3,(H,13,14). The molecule has 5 heteroatoms. The number of aromatic amines is 1. The molecule has 0 bridgehead atoms. The number of nitrogens with zero attached hydrogens (tertiary/aromatic N) is 1. The molecule has 0 unspecified atom stereocenters. The lowest BCUT2D eigenvalue weighted by Crippen LogP contribution is -2.10. The van der Waals surface area contributed by atoms with Crippen LogP contribution in [0.5, 0.6) is 0 Å². The van der Waals surface area contributed by atoms with Gasteiger partial charge in [-0.15, -0.1) is 0 Å². The van der Waals surface area contributed by atoms with Gasteiger partial charge in [-0.25, -0.2) is 13.4 Å². The van der Waals surface area contributed by atoms with Gasteiger partial charge in [-0.05, 0) is 25.0 Å². The Labute approximate surface area is 100.0 Å². The second-order valence-electron chi connectivity index (χ2n) is 4.67. The molecule has 1 N–H and O–H groups in total. The van der Waals surface area contributed by atoms with Crippen LogP contribution < -0.4 is 0 Å². The third kappa shape index (κ3) is 1.74. The summed E-state index contributed by atoms with van der Waals surface area (Å²) in [7, 11) is -3.21. The summed E-state index contributed by atoms with van der Waals surface area (Å²) < 4.78 is 23.3. The van der Waals surface area contributed by atoms with Crippen molar-refractivity contribution in [2.45, 2.75) is 30.1 Å². The van der Waals surface area contributed by atoms with E-state index in [1.807, 2.05) is 6.07 Å². The first kappa shape index (κ1) is 10.8. The number of hydrogen-bond acceptors (Lipinski definition) is 3. The van der Waals surface area contributed by atoms with Gasteiger partial charge in [0, 0.05) is 12.2 Å². The molecular formula is C12H14N2O2S. The molecule has 1 aromatic heterocycles. The van der Waals surface area contributed by atoms with Crippen molar-refractivity contribution in [2.75, 3.05) is 6.26 Å². The lowest BCUT2D eigenvalue weighted by atomic mass is 9.85. The van der Waals surface area contributed by atoms with E-state index < -0.39 is 9.84 Å². The molecule has 1 fully saturated rings. The van der Waals surface area contributed by atoms with Crippen LogP contribution in [-0.2, 0) is 9.84 Å². The Morgan fingerprint density at radius 1 is 1.35 bits per heavy atom. The van der Waals surface area contributed by atoms with Gasteiger partial charge >= 0.3 is 0 Å². The zero-order valence-electron chi connectivity index (χ0n) is 9.60. The average molecular weight is 250 g/mol. The van der Waals surface area contributed by atoms with E-state index in [9.17, 15) is 8.42 Å². The van der Waals surface area contributed by atoms with Gasteiger partial charge in [-0.2, -0.15) is 0 Å². The minimum Gasteiger partial charge on any atom is -0.342 e. The van der Waals surface area contributed by atoms with E-state index in [2.05, 4.69) is 9.97 Å². The highest BCUT2D eigenvalue weighted by Gasteiger charge is 2.24. The molecule has 4 nitrogen and oxygen atoms in total. The summed E-state index contributed by atoms with van der Waals surface area (Å²) in [5.74, 6) is 1.41. The molecule has 0 saturated heterocycles. The topological polar surface area (TPSA) is 62.8 Å². The lowest BCUT2D eigenvalue weighted by Gasteiger charge is -2.22. The zero-order chi connectivity index (χ0) is 12.0. The monoisotopic (exact) mass is 250 g/mol. The van der Waals surface area contributed by atoms with Crippen LogP contribution in [-0.4, -0.2) is 24.6 Å². The molecule has 2 aromatic rings. The lowest BCUT2D eigenvalue weighted by molar-refractivity contribution is 0.404. The first-order valence-corrected chi connectivity index (χ1v) is 7.63. The van der Waals surface area contributed by atoms with Crippen molar-refractivity contribution in [2.24, 2.45) is 0 Å². The van der Waals surface area contributed by atoms with Crippen molar-refractivity contribution < 1.29 is 8.42 Å². The fraction of sp³-hybridized carbons (Fsp3) is 0.417. The first-order chi connectivity index (χ1) is 8.05. The Morgan fingerprint density at radius 3 is 2.71 bits per heavy atom. The Kier molecular flexibility index (Phi) is 2.26. The summed E-state index contributed by atoms with van der Waals surface area (Å²) >= 11 is 0. The van der Waals surface area contributed by atoms with E-state index in [-0.39, 0.29) is 0 Å². The van der Waals surface area contributed by atoms with Crippen molar-refractivity contribution in [3.63, 3.8) is 0 Å². The molecule has 1 aromatic carbocycles. The van der Waals surface area contributed by atoms with Gasteiger partial charge in [0.1, 0.15) is 11.3 Å². The van der Waals surface area contributed by atoms with E-state index in [1.165, 1.54) is 12.7 Å². The summed E-state index contributed by atoms with van der Waals surface area (Å²) in [6.45, 7) is 0. The van der Waals surface area contributed by atoms with E-state index in [4.69, 9.17) is 0 Å². The van der Waals surface area contributed by atoms with Gasteiger partial charge in [-0.1, -0.05) is 12.5 Å². The van der Waals surface area contributed by atoms with Crippen LogP contribution in [0.3, 0.4) is 0 Å². The largest absolute Gasteiger partial charge is 0.342 e. The second-order valence-corrected chi connectivity index (χ2v) is 6.66. The number of rotatable bonds is 2. The van der Waals surface area contributed by atoms with Gasteiger partial charge < -0.3 is 4.98 Å². The smallest absolute Gasteiger partial charge is 0.177 e. The minimum atomic E-state index is -3.21. The Balaban J connectivity index is 2.21. The molecular weight excluding hydrogens is 236 g/mol. The molecule has 17 heavy (non-hydrogen) atoms. The number of para-hydroxylation sites is 1. The summed E-state index contributed by atoms with van der Waals surface area (Å²) in [6, 6.07) is 5.24. The zero-order valence-corrected chi connectivity index (χ0v) is 10.4. The predicted octanol–water partition coefficient (Wildman–Crippen LogP) is 2.23. The fourth-order valence-electron chi connectivity index (χ4n) is 2.20. The van der Waals surface area contributed by atoms with Gasteiger partial charge in [0.25, 0.3) is 0 Å². The number of aromatic nitrogens is 2. The molecule has 0 aliphatic heterocycles. The molecule has 90 valence electrons. The highest BCUT2D eigenvalue weighted by atomic mass is 32.2. The van der Waals surface area contributed by atoms with Crippen molar-refractivity contribution >= 4 is 20.9 Å². The molecule has 0 amide bonds. The van der Waals surface area contributed by atoms with E-state index in [0.717, 1.165) is 24.2 Å². The Morgan fingerprint density at radius 2 is 2.12 bits per heavy atom. The number of benzene rings is 1. The van der Waals surface area contributed by atoms with E-state index in [0.29, 0.717) is 16.3 Å². The van der Waals surface area contributed by atoms with E-state index >= 15 is 0 Å². The molecule has 1 aliphatic rings. The summed E-state index contributed by atoms with van der Waals surface area (Å²) in [6.07, 6.45) is 4.75. The van der Waals surface area contributed by atoms with Gasteiger partial charge in [0.05, 0.1) is 10.4 Å². The number of imidazole rings is 1. The highest BCUT2D eigenvalue weighted by Crippen LogP contribution is 2.36. The SMILES string of the molecule is CS(=O)(=O)c1cccc2[nH]c(C3CCC3)nc12. The average Bonchev–Trinajstić information content (AvgIpc) is 2.55. The summed E-state index contributed by atoms with van der Waals surface area (Å²) in [5.41, 5.74) is 1.40.